The molecule has 1 aromatic rings. The van der Waals surface area contributed by atoms with E-state index in [2.05, 4.69) is 21.9 Å². The third kappa shape index (κ3) is 3.37. The van der Waals surface area contributed by atoms with Gasteiger partial charge in [0.15, 0.2) is 0 Å². The highest BCUT2D eigenvalue weighted by Gasteiger charge is 2.21. The van der Waals surface area contributed by atoms with Crippen LogP contribution in [0, 0.1) is 5.92 Å². The second-order valence-electron chi connectivity index (χ2n) is 5.50. The number of carbonyl (C=O) groups is 1. The van der Waals surface area contributed by atoms with Gasteiger partial charge in [-0.3, -0.25) is 9.63 Å². The van der Waals surface area contributed by atoms with Gasteiger partial charge in [0.2, 0.25) is 0 Å². The summed E-state index contributed by atoms with van der Waals surface area (Å²) in [5.74, 6) is 0.894. The summed E-state index contributed by atoms with van der Waals surface area (Å²) in [4.78, 5) is 23.8. The maximum Gasteiger partial charge on any atom is 0.271 e. The molecule has 0 aromatic carbocycles. The molecule has 0 spiro atoms. The number of rotatable bonds is 5. The second-order valence-corrected chi connectivity index (χ2v) is 6.67. The van der Waals surface area contributed by atoms with Gasteiger partial charge in [-0.15, -0.1) is 11.3 Å². The van der Waals surface area contributed by atoms with Crippen LogP contribution in [0.2, 0.25) is 0 Å². The fraction of sp³-hybridized carbons (Fsp3) is 0.467. The van der Waals surface area contributed by atoms with E-state index in [9.17, 15) is 4.79 Å². The van der Waals surface area contributed by atoms with E-state index < -0.39 is 0 Å². The summed E-state index contributed by atoms with van der Waals surface area (Å²) < 4.78 is 0. The van der Waals surface area contributed by atoms with E-state index in [1.165, 1.54) is 4.88 Å². The third-order valence-electron chi connectivity index (χ3n) is 3.69. The molecule has 2 aliphatic rings. The quantitative estimate of drug-likeness (QED) is 0.715. The zero-order valence-corrected chi connectivity index (χ0v) is 13.3. The zero-order chi connectivity index (χ0) is 15.5. The molecule has 0 saturated carbocycles. The Balaban J connectivity index is 1.81. The summed E-state index contributed by atoms with van der Waals surface area (Å²) in [6.07, 6.45) is 3.26. The minimum Gasteiger partial charge on any atom is -0.387 e. The standard InChI is InChI=1S/C15H20N4O2S/c1-2-21-19-15(20)10-4-13-12(18-14(16)5-10)6-11(22-13)3-9-7-17-8-9/h4,6,9,17H,2-3,5,7-8H2,1H3,(H2,16,18)(H,19,20). The van der Waals surface area contributed by atoms with Crippen molar-refractivity contribution < 1.29 is 9.63 Å². The molecule has 3 rings (SSSR count). The summed E-state index contributed by atoms with van der Waals surface area (Å²) in [6, 6.07) is 2.09. The first-order valence-electron chi connectivity index (χ1n) is 7.45. The minimum atomic E-state index is -0.258. The number of carbonyl (C=O) groups excluding carboxylic acids is 1. The van der Waals surface area contributed by atoms with Gasteiger partial charge < -0.3 is 11.1 Å². The maximum absolute atomic E-state index is 12.1. The number of hydrogen-bond donors (Lipinski definition) is 3. The first-order valence-corrected chi connectivity index (χ1v) is 8.26. The monoisotopic (exact) mass is 320 g/mol. The van der Waals surface area contributed by atoms with Crippen molar-refractivity contribution in [2.45, 2.75) is 19.8 Å². The molecule has 0 atom stereocenters. The highest BCUT2D eigenvalue weighted by molar-refractivity contribution is 7.13. The average Bonchev–Trinajstić information content (AvgIpc) is 2.73. The summed E-state index contributed by atoms with van der Waals surface area (Å²) in [6.45, 7) is 4.39. The molecule has 118 valence electrons. The van der Waals surface area contributed by atoms with Crippen LogP contribution in [-0.2, 0) is 16.1 Å². The first-order chi connectivity index (χ1) is 10.7. The molecule has 7 heteroatoms. The van der Waals surface area contributed by atoms with Crippen molar-refractivity contribution in [3.8, 4) is 0 Å². The second kappa shape index (κ2) is 6.60. The Bertz CT molecular complexity index is 631. The zero-order valence-electron chi connectivity index (χ0n) is 12.5. The Morgan fingerprint density at radius 3 is 3.09 bits per heavy atom. The van der Waals surface area contributed by atoms with Crippen LogP contribution in [0.25, 0.3) is 6.08 Å². The van der Waals surface area contributed by atoms with Crippen molar-refractivity contribution >= 4 is 34.8 Å². The number of thiophene rings is 1. The molecule has 0 bridgehead atoms. The molecule has 1 amide bonds. The Kier molecular flexibility index (Phi) is 4.56. The van der Waals surface area contributed by atoms with Gasteiger partial charge in [0.25, 0.3) is 5.91 Å². The molecule has 3 heterocycles. The fourth-order valence-electron chi connectivity index (χ4n) is 2.46. The smallest absolute Gasteiger partial charge is 0.271 e. The van der Waals surface area contributed by atoms with E-state index in [1.807, 2.05) is 13.0 Å². The topological polar surface area (TPSA) is 88.7 Å². The first kappa shape index (κ1) is 15.2. The van der Waals surface area contributed by atoms with Crippen molar-refractivity contribution in [2.75, 3.05) is 19.7 Å². The van der Waals surface area contributed by atoms with E-state index in [0.717, 1.165) is 30.1 Å². The number of amides is 1. The molecule has 4 N–H and O–H groups in total. The summed E-state index contributed by atoms with van der Waals surface area (Å²) >= 11 is 1.69. The van der Waals surface area contributed by atoms with Crippen LogP contribution in [0.15, 0.2) is 16.6 Å². The Labute approximate surface area is 133 Å². The predicted octanol–water partition coefficient (Wildman–Crippen LogP) is 1.35. The normalized spacial score (nSPS) is 17.9. The van der Waals surface area contributed by atoms with Gasteiger partial charge in [0.1, 0.15) is 5.84 Å². The largest absolute Gasteiger partial charge is 0.387 e. The van der Waals surface area contributed by atoms with Crippen LogP contribution < -0.4 is 16.5 Å². The van der Waals surface area contributed by atoms with Crippen LogP contribution in [0.5, 0.6) is 0 Å². The highest BCUT2D eigenvalue weighted by Crippen LogP contribution is 2.35. The van der Waals surface area contributed by atoms with Crippen molar-refractivity contribution in [3.05, 3.63) is 21.4 Å². The molecule has 0 radical (unpaired) electrons. The van der Waals surface area contributed by atoms with Crippen molar-refractivity contribution in [3.63, 3.8) is 0 Å². The van der Waals surface area contributed by atoms with E-state index in [0.29, 0.717) is 30.4 Å². The molecular weight excluding hydrogens is 300 g/mol. The van der Waals surface area contributed by atoms with Crippen molar-refractivity contribution in [1.29, 1.82) is 0 Å². The number of aliphatic imine (C=N–C) groups is 1. The average molecular weight is 320 g/mol. The number of nitrogens with zero attached hydrogens (tertiary/aromatic N) is 1. The van der Waals surface area contributed by atoms with E-state index in [1.54, 1.807) is 11.3 Å². The Hall–Kier alpha value is -1.70. The van der Waals surface area contributed by atoms with Gasteiger partial charge in [-0.25, -0.2) is 10.5 Å². The van der Waals surface area contributed by atoms with Gasteiger partial charge in [0.05, 0.1) is 17.2 Å². The Morgan fingerprint density at radius 2 is 2.41 bits per heavy atom. The SMILES string of the molecule is CCONC(=O)C1=Cc2sc(CC3CNC3)cc2N=C(N)C1. The fourth-order valence-corrected chi connectivity index (χ4v) is 3.65. The highest BCUT2D eigenvalue weighted by atomic mass is 32.1. The molecule has 1 aromatic heterocycles. The van der Waals surface area contributed by atoms with E-state index in [-0.39, 0.29) is 5.91 Å². The summed E-state index contributed by atoms with van der Waals surface area (Å²) in [5.41, 5.74) is 9.80. The predicted molar refractivity (Wildman–Crippen MR) is 88.0 cm³/mol. The molecule has 1 fully saturated rings. The molecule has 22 heavy (non-hydrogen) atoms. The molecule has 2 aliphatic heterocycles. The lowest BCUT2D eigenvalue weighted by Crippen LogP contribution is -2.42. The lowest BCUT2D eigenvalue weighted by atomic mass is 9.98. The number of nitrogens with one attached hydrogen (secondary N) is 2. The van der Waals surface area contributed by atoms with Gasteiger partial charge >= 0.3 is 0 Å². The van der Waals surface area contributed by atoms with Crippen LogP contribution in [0.1, 0.15) is 23.1 Å². The molecule has 0 aliphatic carbocycles. The summed E-state index contributed by atoms with van der Waals surface area (Å²) in [5, 5.41) is 3.28. The minimum absolute atomic E-state index is 0.258. The number of amidine groups is 1. The maximum atomic E-state index is 12.1. The molecule has 1 saturated heterocycles. The number of nitrogens with two attached hydrogens (primary N) is 1. The molecular formula is C15H20N4O2S. The lowest BCUT2D eigenvalue weighted by Gasteiger charge is -2.26. The van der Waals surface area contributed by atoms with Gasteiger partial charge in [-0.2, -0.15) is 0 Å². The molecule has 6 nitrogen and oxygen atoms in total. The third-order valence-corrected chi connectivity index (χ3v) is 4.78. The van der Waals surface area contributed by atoms with E-state index >= 15 is 0 Å². The van der Waals surface area contributed by atoms with Crippen LogP contribution in [0.3, 0.4) is 0 Å². The van der Waals surface area contributed by atoms with E-state index in [4.69, 9.17) is 10.6 Å². The molecule has 0 unspecified atom stereocenters. The van der Waals surface area contributed by atoms with Gasteiger partial charge in [-0.1, -0.05) is 0 Å². The summed E-state index contributed by atoms with van der Waals surface area (Å²) in [7, 11) is 0. The number of fused-ring (bicyclic) bond motifs is 1. The lowest BCUT2D eigenvalue weighted by molar-refractivity contribution is -0.129. The Morgan fingerprint density at radius 1 is 1.59 bits per heavy atom. The van der Waals surface area contributed by atoms with Crippen LogP contribution >= 0.6 is 11.3 Å². The number of hydrogen-bond acceptors (Lipinski definition) is 6. The number of hydroxylamine groups is 1. The van der Waals surface area contributed by atoms with Gasteiger partial charge in [0, 0.05) is 16.9 Å². The van der Waals surface area contributed by atoms with Crippen molar-refractivity contribution in [2.24, 2.45) is 16.6 Å². The van der Waals surface area contributed by atoms with Crippen molar-refractivity contribution in [1.82, 2.24) is 10.8 Å². The van der Waals surface area contributed by atoms with Crippen LogP contribution in [0.4, 0.5) is 5.69 Å². The van der Waals surface area contributed by atoms with Gasteiger partial charge in [-0.05, 0) is 44.5 Å². The van der Waals surface area contributed by atoms with Crippen LogP contribution in [-0.4, -0.2) is 31.4 Å².